The molecule has 1 N–H and O–H groups in total. The van der Waals surface area contributed by atoms with E-state index in [4.69, 9.17) is 21.4 Å². The second-order valence-electron chi connectivity index (χ2n) is 4.15. The topological polar surface area (TPSA) is 59.4 Å². The summed E-state index contributed by atoms with van der Waals surface area (Å²) >= 11 is 6.07. The van der Waals surface area contributed by atoms with Gasteiger partial charge in [0.05, 0.1) is 0 Å². The van der Waals surface area contributed by atoms with Crippen LogP contribution < -0.4 is 4.74 Å². The molecule has 4 nitrogen and oxygen atoms in total. The van der Waals surface area contributed by atoms with Gasteiger partial charge in [0, 0.05) is 23.5 Å². The molecule has 2 rings (SSSR count). The maximum Gasteiger partial charge on any atom is 0.341 e. The minimum atomic E-state index is -1.08. The Hall–Kier alpha value is -2.07. The van der Waals surface area contributed by atoms with Gasteiger partial charge in [-0.3, -0.25) is 4.98 Å². The smallest absolute Gasteiger partial charge is 0.341 e. The molecular weight excluding hydrogens is 266 g/mol. The minimum absolute atomic E-state index is 0.0211. The maximum atomic E-state index is 11.1. The lowest BCUT2D eigenvalue weighted by Crippen LogP contribution is -2.00. The van der Waals surface area contributed by atoms with Gasteiger partial charge in [-0.2, -0.15) is 0 Å². The highest BCUT2D eigenvalue weighted by molar-refractivity contribution is 6.32. The summed E-state index contributed by atoms with van der Waals surface area (Å²) < 4.78 is 5.61. The average Bonchev–Trinajstić information content (AvgIpc) is 2.36. The highest BCUT2D eigenvalue weighted by Gasteiger charge is 2.12. The lowest BCUT2D eigenvalue weighted by molar-refractivity contribution is 0.0693. The standard InChI is InChI=1S/C14H12ClNO3/c1-8-5-10(6-9(2)13(8)15)19-12-3-4-16-7-11(12)14(17)18/h3-7H,1-2H3,(H,17,18). The summed E-state index contributed by atoms with van der Waals surface area (Å²) in [6.45, 7) is 3.74. The normalized spacial score (nSPS) is 10.3. The van der Waals surface area contributed by atoms with Gasteiger partial charge in [0.1, 0.15) is 17.1 Å². The van der Waals surface area contributed by atoms with E-state index in [1.807, 2.05) is 13.8 Å². The van der Waals surface area contributed by atoms with Crippen LogP contribution in [0.3, 0.4) is 0 Å². The third-order valence-electron chi connectivity index (χ3n) is 2.65. The monoisotopic (exact) mass is 277 g/mol. The van der Waals surface area contributed by atoms with Crippen LogP contribution in [0.5, 0.6) is 11.5 Å². The predicted molar refractivity (Wildman–Crippen MR) is 72.2 cm³/mol. The van der Waals surface area contributed by atoms with Crippen LogP contribution in [0.4, 0.5) is 0 Å². The van der Waals surface area contributed by atoms with Crippen molar-refractivity contribution in [2.75, 3.05) is 0 Å². The van der Waals surface area contributed by atoms with Crippen LogP contribution in [-0.2, 0) is 0 Å². The van der Waals surface area contributed by atoms with Crippen molar-refractivity contribution >= 4 is 17.6 Å². The summed E-state index contributed by atoms with van der Waals surface area (Å²) in [5, 5.41) is 9.74. The van der Waals surface area contributed by atoms with Crippen LogP contribution >= 0.6 is 11.6 Å². The highest BCUT2D eigenvalue weighted by Crippen LogP contribution is 2.30. The number of carboxylic acids is 1. The van der Waals surface area contributed by atoms with Crippen molar-refractivity contribution < 1.29 is 14.6 Å². The third-order valence-corrected chi connectivity index (χ3v) is 3.25. The molecule has 0 unspecified atom stereocenters. The van der Waals surface area contributed by atoms with Crippen molar-refractivity contribution in [2.45, 2.75) is 13.8 Å². The van der Waals surface area contributed by atoms with Crippen molar-refractivity contribution in [3.63, 3.8) is 0 Å². The fourth-order valence-corrected chi connectivity index (χ4v) is 1.83. The van der Waals surface area contributed by atoms with E-state index in [0.29, 0.717) is 10.8 Å². The molecule has 0 saturated heterocycles. The van der Waals surface area contributed by atoms with E-state index in [9.17, 15) is 4.79 Å². The number of pyridine rings is 1. The van der Waals surface area contributed by atoms with E-state index < -0.39 is 5.97 Å². The van der Waals surface area contributed by atoms with Gasteiger partial charge in [-0.1, -0.05) is 11.6 Å². The van der Waals surface area contributed by atoms with Crippen molar-refractivity contribution in [2.24, 2.45) is 0 Å². The minimum Gasteiger partial charge on any atom is -0.477 e. The number of benzene rings is 1. The summed E-state index contributed by atoms with van der Waals surface area (Å²) in [4.78, 5) is 14.8. The number of rotatable bonds is 3. The number of aromatic nitrogens is 1. The van der Waals surface area contributed by atoms with Crippen molar-refractivity contribution in [3.05, 3.63) is 52.3 Å². The molecule has 98 valence electrons. The summed E-state index contributed by atoms with van der Waals surface area (Å²) in [5.41, 5.74) is 1.78. The van der Waals surface area contributed by atoms with Crippen LogP contribution in [0.2, 0.25) is 5.02 Å². The number of ether oxygens (including phenoxy) is 1. The van der Waals surface area contributed by atoms with E-state index >= 15 is 0 Å². The van der Waals surface area contributed by atoms with Gasteiger partial charge in [0.25, 0.3) is 0 Å². The molecule has 1 aromatic carbocycles. The molecule has 19 heavy (non-hydrogen) atoms. The second kappa shape index (κ2) is 5.28. The van der Waals surface area contributed by atoms with Gasteiger partial charge in [-0.25, -0.2) is 4.79 Å². The number of aryl methyl sites for hydroxylation is 2. The molecule has 5 heteroatoms. The van der Waals surface area contributed by atoms with Crippen LogP contribution in [0.1, 0.15) is 21.5 Å². The number of carboxylic acid groups (broad SMARTS) is 1. The van der Waals surface area contributed by atoms with E-state index in [1.54, 1.807) is 12.1 Å². The van der Waals surface area contributed by atoms with Crippen LogP contribution in [0.15, 0.2) is 30.6 Å². The molecule has 2 aromatic rings. The summed E-state index contributed by atoms with van der Waals surface area (Å²) in [6, 6.07) is 5.05. The quantitative estimate of drug-likeness (QED) is 0.926. The fraction of sp³-hybridized carbons (Fsp3) is 0.143. The van der Waals surface area contributed by atoms with Gasteiger partial charge in [-0.05, 0) is 37.1 Å². The molecule has 0 fully saturated rings. The molecule has 0 aliphatic carbocycles. The first kappa shape index (κ1) is 13.4. The van der Waals surface area contributed by atoms with Gasteiger partial charge < -0.3 is 9.84 Å². The molecule has 1 aromatic heterocycles. The Morgan fingerprint density at radius 1 is 1.32 bits per heavy atom. The Morgan fingerprint density at radius 2 is 1.95 bits per heavy atom. The second-order valence-corrected chi connectivity index (χ2v) is 4.53. The van der Waals surface area contributed by atoms with Crippen molar-refractivity contribution in [3.8, 4) is 11.5 Å². The summed E-state index contributed by atoms with van der Waals surface area (Å²) in [7, 11) is 0. The van der Waals surface area contributed by atoms with Gasteiger partial charge in [-0.15, -0.1) is 0 Å². The molecule has 0 spiro atoms. The number of hydrogen-bond donors (Lipinski definition) is 1. The lowest BCUT2D eigenvalue weighted by atomic mass is 10.1. The predicted octanol–water partition coefficient (Wildman–Crippen LogP) is 3.84. The van der Waals surface area contributed by atoms with E-state index in [0.717, 1.165) is 11.1 Å². The average molecular weight is 278 g/mol. The molecule has 1 heterocycles. The first-order valence-corrected chi connectivity index (χ1v) is 5.98. The van der Waals surface area contributed by atoms with E-state index in [-0.39, 0.29) is 11.3 Å². The van der Waals surface area contributed by atoms with Crippen molar-refractivity contribution in [1.29, 1.82) is 0 Å². The fourth-order valence-electron chi connectivity index (χ4n) is 1.72. The Kier molecular flexibility index (Phi) is 3.71. The molecular formula is C14H12ClNO3. The number of aromatic carboxylic acids is 1. The Bertz CT molecular complexity index is 617. The molecule has 0 aliphatic rings. The van der Waals surface area contributed by atoms with E-state index in [2.05, 4.69) is 4.98 Å². The zero-order valence-corrected chi connectivity index (χ0v) is 11.2. The Labute approximate surface area is 115 Å². The summed E-state index contributed by atoms with van der Waals surface area (Å²) in [6.07, 6.45) is 2.74. The molecule has 0 amide bonds. The molecule has 0 radical (unpaired) electrons. The molecule has 0 atom stereocenters. The summed E-state index contributed by atoms with van der Waals surface area (Å²) in [5.74, 6) is -0.276. The first-order chi connectivity index (χ1) is 8.99. The SMILES string of the molecule is Cc1cc(Oc2ccncc2C(=O)O)cc(C)c1Cl. The van der Waals surface area contributed by atoms with Crippen LogP contribution in [0, 0.1) is 13.8 Å². The first-order valence-electron chi connectivity index (χ1n) is 5.61. The Balaban J connectivity index is 2.39. The molecule has 0 bridgehead atoms. The number of carbonyl (C=O) groups is 1. The molecule has 0 aliphatic heterocycles. The van der Waals surface area contributed by atoms with Gasteiger partial charge in [0.15, 0.2) is 0 Å². The lowest BCUT2D eigenvalue weighted by Gasteiger charge is -2.11. The number of hydrogen-bond acceptors (Lipinski definition) is 3. The third kappa shape index (κ3) is 2.85. The van der Waals surface area contributed by atoms with E-state index in [1.165, 1.54) is 18.5 Å². The van der Waals surface area contributed by atoms with Crippen LogP contribution in [-0.4, -0.2) is 16.1 Å². The van der Waals surface area contributed by atoms with Gasteiger partial charge in [0.2, 0.25) is 0 Å². The van der Waals surface area contributed by atoms with Crippen LogP contribution in [0.25, 0.3) is 0 Å². The number of nitrogens with zero attached hydrogens (tertiary/aromatic N) is 1. The Morgan fingerprint density at radius 3 is 2.53 bits per heavy atom. The molecule has 0 saturated carbocycles. The number of halogens is 1. The zero-order chi connectivity index (χ0) is 14.0. The van der Waals surface area contributed by atoms with Crippen molar-refractivity contribution in [1.82, 2.24) is 4.98 Å². The largest absolute Gasteiger partial charge is 0.477 e. The highest BCUT2D eigenvalue weighted by atomic mass is 35.5. The zero-order valence-electron chi connectivity index (χ0n) is 10.5. The maximum absolute atomic E-state index is 11.1. The van der Waals surface area contributed by atoms with Gasteiger partial charge >= 0.3 is 5.97 Å².